The second-order valence-electron chi connectivity index (χ2n) is 4.20. The largest absolute Gasteiger partial charge is 0.478 e. The highest BCUT2D eigenvalue weighted by molar-refractivity contribution is 5.89. The number of aromatic carboxylic acids is 1. The first-order valence-corrected chi connectivity index (χ1v) is 5.68. The number of nitrogens with zero attached hydrogens (tertiary/aromatic N) is 2. The Balaban J connectivity index is 2.40. The van der Waals surface area contributed by atoms with Crippen molar-refractivity contribution in [1.82, 2.24) is 4.98 Å². The molecule has 0 bridgehead atoms. The summed E-state index contributed by atoms with van der Waals surface area (Å²) in [6.07, 6.45) is 0. The molecule has 0 unspecified atom stereocenters. The molecule has 0 aliphatic rings. The van der Waals surface area contributed by atoms with Gasteiger partial charge in [0.1, 0.15) is 11.6 Å². The molecule has 2 aromatic rings. The number of carboxylic acids is 1. The van der Waals surface area contributed by atoms with E-state index in [2.05, 4.69) is 4.98 Å². The second kappa shape index (κ2) is 5.06. The molecular weight excluding hydrogens is 247 g/mol. The minimum Gasteiger partial charge on any atom is -0.478 e. The van der Waals surface area contributed by atoms with Crippen molar-refractivity contribution >= 4 is 17.5 Å². The van der Waals surface area contributed by atoms with Crippen LogP contribution in [0.1, 0.15) is 16.1 Å². The van der Waals surface area contributed by atoms with Gasteiger partial charge in [0.25, 0.3) is 0 Å². The predicted molar refractivity (Wildman–Crippen MR) is 70.4 cm³/mol. The van der Waals surface area contributed by atoms with Crippen LogP contribution in [0, 0.1) is 12.7 Å². The van der Waals surface area contributed by atoms with E-state index >= 15 is 0 Å². The van der Waals surface area contributed by atoms with Gasteiger partial charge in [-0.15, -0.1) is 0 Å². The smallest absolute Gasteiger partial charge is 0.335 e. The summed E-state index contributed by atoms with van der Waals surface area (Å²) in [5.41, 5.74) is 1.52. The van der Waals surface area contributed by atoms with E-state index in [0.717, 1.165) is 5.69 Å². The summed E-state index contributed by atoms with van der Waals surface area (Å²) in [6.45, 7) is 1.73. The number of rotatable bonds is 3. The average molecular weight is 260 g/mol. The van der Waals surface area contributed by atoms with Crippen LogP contribution < -0.4 is 4.90 Å². The van der Waals surface area contributed by atoms with Crippen molar-refractivity contribution in [2.45, 2.75) is 6.92 Å². The molecule has 2 rings (SSSR count). The number of hydrogen-bond acceptors (Lipinski definition) is 3. The van der Waals surface area contributed by atoms with E-state index in [9.17, 15) is 9.18 Å². The number of benzene rings is 1. The van der Waals surface area contributed by atoms with Crippen LogP contribution in [0.15, 0.2) is 36.4 Å². The summed E-state index contributed by atoms with van der Waals surface area (Å²) >= 11 is 0. The molecule has 1 N–H and O–H groups in total. The van der Waals surface area contributed by atoms with E-state index in [1.165, 1.54) is 24.3 Å². The van der Waals surface area contributed by atoms with Gasteiger partial charge in [-0.25, -0.2) is 14.2 Å². The molecule has 0 radical (unpaired) electrons. The molecule has 19 heavy (non-hydrogen) atoms. The molecule has 1 aromatic carbocycles. The summed E-state index contributed by atoms with van der Waals surface area (Å²) in [6, 6.07) is 8.90. The van der Waals surface area contributed by atoms with Crippen molar-refractivity contribution in [3.05, 3.63) is 53.5 Å². The van der Waals surface area contributed by atoms with Gasteiger partial charge in [0.05, 0.1) is 5.56 Å². The summed E-state index contributed by atoms with van der Waals surface area (Å²) in [4.78, 5) is 17.0. The highest BCUT2D eigenvalue weighted by Gasteiger charge is 2.11. The van der Waals surface area contributed by atoms with Crippen LogP contribution in [0.4, 0.5) is 15.9 Å². The quantitative estimate of drug-likeness (QED) is 0.921. The highest BCUT2D eigenvalue weighted by atomic mass is 19.1. The van der Waals surface area contributed by atoms with Crippen molar-refractivity contribution in [3.63, 3.8) is 0 Å². The Hall–Kier alpha value is -2.43. The summed E-state index contributed by atoms with van der Waals surface area (Å²) in [5, 5.41) is 9.03. The molecule has 0 amide bonds. The molecule has 5 heteroatoms. The molecular formula is C14H13FN2O2. The Bertz CT molecular complexity index is 611. The van der Waals surface area contributed by atoms with Crippen molar-refractivity contribution < 1.29 is 14.3 Å². The van der Waals surface area contributed by atoms with Gasteiger partial charge in [-0.3, -0.25) is 0 Å². The standard InChI is InChI=1S/C14H13FN2O2/c1-9-7-10(14(18)19)8-13(16-9)17(2)12-5-3-11(15)4-6-12/h3-8H,1-2H3,(H,18,19). The fourth-order valence-electron chi connectivity index (χ4n) is 1.74. The average Bonchev–Trinajstić information content (AvgIpc) is 2.38. The van der Waals surface area contributed by atoms with Crippen LogP contribution in [-0.4, -0.2) is 23.1 Å². The third kappa shape index (κ3) is 2.88. The Morgan fingerprint density at radius 2 is 1.89 bits per heavy atom. The Kier molecular flexibility index (Phi) is 3.46. The zero-order valence-electron chi connectivity index (χ0n) is 10.6. The van der Waals surface area contributed by atoms with E-state index in [1.54, 1.807) is 31.0 Å². The lowest BCUT2D eigenvalue weighted by Gasteiger charge is -2.19. The van der Waals surface area contributed by atoms with Crippen molar-refractivity contribution in [2.75, 3.05) is 11.9 Å². The molecule has 98 valence electrons. The maximum atomic E-state index is 12.9. The van der Waals surface area contributed by atoms with Crippen LogP contribution in [0.3, 0.4) is 0 Å². The Labute approximate surface area is 110 Å². The third-order valence-electron chi connectivity index (χ3n) is 2.74. The molecule has 1 heterocycles. The first-order chi connectivity index (χ1) is 8.97. The van der Waals surface area contributed by atoms with Crippen LogP contribution >= 0.6 is 0 Å². The van der Waals surface area contributed by atoms with Crippen LogP contribution in [-0.2, 0) is 0 Å². The fraction of sp³-hybridized carbons (Fsp3) is 0.143. The number of carbonyl (C=O) groups is 1. The first kappa shape index (κ1) is 13.0. The van der Waals surface area contributed by atoms with Gasteiger partial charge in [0.2, 0.25) is 0 Å². The van der Waals surface area contributed by atoms with Gasteiger partial charge in [0.15, 0.2) is 0 Å². The lowest BCUT2D eigenvalue weighted by atomic mass is 10.2. The normalized spacial score (nSPS) is 10.3. The Morgan fingerprint density at radius 3 is 2.47 bits per heavy atom. The summed E-state index contributed by atoms with van der Waals surface area (Å²) < 4.78 is 12.9. The van der Waals surface area contributed by atoms with E-state index in [-0.39, 0.29) is 11.4 Å². The zero-order valence-corrected chi connectivity index (χ0v) is 10.6. The summed E-state index contributed by atoms with van der Waals surface area (Å²) in [5.74, 6) is -0.816. The van der Waals surface area contributed by atoms with Crippen molar-refractivity contribution in [3.8, 4) is 0 Å². The SMILES string of the molecule is Cc1cc(C(=O)O)cc(N(C)c2ccc(F)cc2)n1. The molecule has 0 fully saturated rings. The summed E-state index contributed by atoms with van der Waals surface area (Å²) in [7, 11) is 1.75. The molecule has 0 aliphatic carbocycles. The van der Waals surface area contributed by atoms with Gasteiger partial charge in [-0.1, -0.05) is 0 Å². The fourth-order valence-corrected chi connectivity index (χ4v) is 1.74. The molecule has 0 spiro atoms. The van der Waals surface area contributed by atoms with Crippen LogP contribution in [0.2, 0.25) is 0 Å². The van der Waals surface area contributed by atoms with E-state index < -0.39 is 5.97 Å². The van der Waals surface area contributed by atoms with Gasteiger partial charge >= 0.3 is 5.97 Å². The second-order valence-corrected chi connectivity index (χ2v) is 4.20. The van der Waals surface area contributed by atoms with E-state index in [0.29, 0.717) is 11.5 Å². The van der Waals surface area contributed by atoms with Crippen molar-refractivity contribution in [1.29, 1.82) is 0 Å². The zero-order chi connectivity index (χ0) is 14.0. The number of pyridine rings is 1. The lowest BCUT2D eigenvalue weighted by molar-refractivity contribution is 0.0696. The van der Waals surface area contributed by atoms with Crippen LogP contribution in [0.25, 0.3) is 0 Å². The van der Waals surface area contributed by atoms with Gasteiger partial charge in [-0.05, 0) is 43.3 Å². The van der Waals surface area contributed by atoms with E-state index in [1.807, 2.05) is 0 Å². The number of anilines is 2. The molecule has 1 aromatic heterocycles. The van der Waals surface area contributed by atoms with Crippen molar-refractivity contribution in [2.24, 2.45) is 0 Å². The number of aromatic nitrogens is 1. The molecule has 0 atom stereocenters. The highest BCUT2D eigenvalue weighted by Crippen LogP contribution is 2.23. The maximum absolute atomic E-state index is 12.9. The number of aryl methyl sites for hydroxylation is 1. The van der Waals surface area contributed by atoms with Gasteiger partial charge < -0.3 is 10.0 Å². The molecule has 4 nitrogen and oxygen atoms in total. The lowest BCUT2D eigenvalue weighted by Crippen LogP contribution is -2.13. The monoisotopic (exact) mass is 260 g/mol. The number of carboxylic acid groups (broad SMARTS) is 1. The first-order valence-electron chi connectivity index (χ1n) is 5.68. The number of hydrogen-bond donors (Lipinski definition) is 1. The molecule has 0 aliphatic heterocycles. The minimum atomic E-state index is -1.00. The van der Waals surface area contributed by atoms with Crippen LogP contribution in [0.5, 0.6) is 0 Å². The van der Waals surface area contributed by atoms with Gasteiger partial charge in [0, 0.05) is 18.4 Å². The van der Waals surface area contributed by atoms with Gasteiger partial charge in [-0.2, -0.15) is 0 Å². The molecule has 0 saturated carbocycles. The number of halogens is 1. The topological polar surface area (TPSA) is 53.4 Å². The van der Waals surface area contributed by atoms with E-state index in [4.69, 9.17) is 5.11 Å². The minimum absolute atomic E-state index is 0.177. The third-order valence-corrected chi connectivity index (χ3v) is 2.74. The molecule has 0 saturated heterocycles. The maximum Gasteiger partial charge on any atom is 0.335 e. The Morgan fingerprint density at radius 1 is 1.26 bits per heavy atom. The predicted octanol–water partition coefficient (Wildman–Crippen LogP) is 3.00.